The smallest absolute Gasteiger partial charge is 0.453 e. The van der Waals surface area contributed by atoms with E-state index in [4.69, 9.17) is 18.9 Å². The lowest BCUT2D eigenvalue weighted by molar-refractivity contribution is -0.284. The Morgan fingerprint density at radius 2 is 0.825 bits per heavy atom. The van der Waals surface area contributed by atoms with Crippen LogP contribution in [-0.4, -0.2) is 105 Å². The monoisotopic (exact) mass is 936 g/mol. The first-order chi connectivity index (χ1) is 29.9. The summed E-state index contributed by atoms with van der Waals surface area (Å²) >= 11 is 0. The molecular formula is C45H79F10NO7. The highest BCUT2D eigenvalue weighted by Gasteiger charge is 2.57. The van der Waals surface area contributed by atoms with Gasteiger partial charge < -0.3 is 29.0 Å². The number of hydrogen-bond donors (Lipinski definition) is 1. The van der Waals surface area contributed by atoms with Crippen molar-refractivity contribution in [2.24, 2.45) is 0 Å². The minimum absolute atomic E-state index is 0.0638. The molecule has 0 rings (SSSR count). The van der Waals surface area contributed by atoms with Gasteiger partial charge in [0.1, 0.15) is 0 Å². The van der Waals surface area contributed by atoms with Crippen molar-refractivity contribution in [2.45, 2.75) is 224 Å². The maximum Gasteiger partial charge on any atom is 0.453 e. The number of nitrogens with zero attached hydrogens (tertiary/aromatic N) is 1. The molecule has 0 radical (unpaired) electrons. The van der Waals surface area contributed by atoms with Crippen LogP contribution in [0.3, 0.4) is 0 Å². The van der Waals surface area contributed by atoms with Crippen molar-refractivity contribution < 1.29 is 77.5 Å². The van der Waals surface area contributed by atoms with Gasteiger partial charge in [0.15, 0.2) is 6.29 Å². The van der Waals surface area contributed by atoms with Gasteiger partial charge in [0.2, 0.25) is 0 Å². The average Bonchev–Trinajstić information content (AvgIpc) is 3.20. The fourth-order valence-corrected chi connectivity index (χ4v) is 6.75. The van der Waals surface area contributed by atoms with E-state index in [1.165, 1.54) is 32.1 Å². The van der Waals surface area contributed by atoms with Crippen molar-refractivity contribution in [1.82, 2.24) is 4.90 Å². The van der Waals surface area contributed by atoms with Crippen LogP contribution in [-0.2, 0) is 28.5 Å². The zero-order chi connectivity index (χ0) is 47.3. The third-order valence-electron chi connectivity index (χ3n) is 10.7. The van der Waals surface area contributed by atoms with Gasteiger partial charge in [-0.3, -0.25) is 9.59 Å². The molecule has 0 amide bonds. The molecule has 0 saturated carbocycles. The molecule has 0 aliphatic rings. The lowest BCUT2D eigenvalue weighted by atomic mass is 10.1. The summed E-state index contributed by atoms with van der Waals surface area (Å²) in [6, 6.07) is 0. The summed E-state index contributed by atoms with van der Waals surface area (Å²) in [6.07, 6.45) is 3.07. The maximum absolute atomic E-state index is 13.1. The summed E-state index contributed by atoms with van der Waals surface area (Å²) in [5, 5.41) is 9.50. The molecule has 0 aliphatic heterocycles. The van der Waals surface area contributed by atoms with Crippen molar-refractivity contribution in [3.63, 3.8) is 0 Å². The second kappa shape index (κ2) is 37.2. The average molecular weight is 936 g/mol. The summed E-state index contributed by atoms with van der Waals surface area (Å²) in [5.74, 6) is -10.1. The molecule has 63 heavy (non-hydrogen) atoms. The third-order valence-corrected chi connectivity index (χ3v) is 10.7. The predicted octanol–water partition coefficient (Wildman–Crippen LogP) is 13.5. The molecule has 0 saturated heterocycles. The Morgan fingerprint density at radius 1 is 0.460 bits per heavy atom. The van der Waals surface area contributed by atoms with Crippen molar-refractivity contribution in [2.75, 3.05) is 52.7 Å². The van der Waals surface area contributed by atoms with E-state index in [9.17, 15) is 58.6 Å². The van der Waals surface area contributed by atoms with E-state index in [2.05, 4.69) is 11.8 Å². The Hall–Kier alpha value is -1.92. The summed E-state index contributed by atoms with van der Waals surface area (Å²) in [7, 11) is 0. The molecule has 0 aromatic carbocycles. The number of aliphatic hydroxyl groups is 1. The first-order valence-corrected chi connectivity index (χ1v) is 23.6. The van der Waals surface area contributed by atoms with E-state index in [-0.39, 0.29) is 70.9 Å². The summed E-state index contributed by atoms with van der Waals surface area (Å²) < 4.78 is 149. The number of carbonyl (C=O) groups excluding carboxylic acids is 2. The fraction of sp³-hybridized carbons (Fsp3) is 0.956. The van der Waals surface area contributed by atoms with Crippen molar-refractivity contribution in [3.05, 3.63) is 0 Å². The molecular weight excluding hydrogens is 856 g/mol. The van der Waals surface area contributed by atoms with Gasteiger partial charge in [0.05, 0.1) is 26.2 Å². The van der Waals surface area contributed by atoms with Crippen LogP contribution in [0, 0.1) is 0 Å². The number of carbonyl (C=O) groups is 2. The number of hydrogen-bond acceptors (Lipinski definition) is 8. The van der Waals surface area contributed by atoms with Crippen molar-refractivity contribution >= 4 is 11.9 Å². The molecule has 0 aliphatic carbocycles. The molecule has 0 spiro atoms. The Bertz CT molecular complexity index is 1060. The number of alkyl halides is 10. The molecule has 0 unspecified atom stereocenters. The van der Waals surface area contributed by atoms with Crippen LogP contribution in [0.25, 0.3) is 0 Å². The van der Waals surface area contributed by atoms with Gasteiger partial charge in [-0.15, -0.1) is 0 Å². The standard InChI is InChI=1S/C45H79F10NO7/c1-2-3-4-5-6-13-22-35-60-39(58)26-17-8-7-11-20-31-56(33-34-57)32-21-12-16-23-36-61-40(59)27-28-41(62-37-24-14-9-18-29-42(46,47)44(50,51)52)63-38-25-15-10-19-30-43(48,49)45(53,54)55/h41,57H,2-38H2,1H3. The van der Waals surface area contributed by atoms with Crippen LogP contribution in [0.1, 0.15) is 193 Å². The molecule has 0 heterocycles. The number of halogens is 10. The van der Waals surface area contributed by atoms with E-state index in [0.717, 1.165) is 77.3 Å². The van der Waals surface area contributed by atoms with Crippen LogP contribution in [0.5, 0.6) is 0 Å². The van der Waals surface area contributed by atoms with Gasteiger partial charge >= 0.3 is 36.1 Å². The van der Waals surface area contributed by atoms with Gasteiger partial charge in [-0.05, 0) is 70.9 Å². The molecule has 0 aromatic rings. The minimum Gasteiger partial charge on any atom is -0.466 e. The van der Waals surface area contributed by atoms with E-state index in [1.54, 1.807) is 0 Å². The van der Waals surface area contributed by atoms with Crippen LogP contribution in [0.2, 0.25) is 0 Å². The molecule has 1 N–H and O–H groups in total. The third kappa shape index (κ3) is 35.0. The molecule has 0 aromatic heterocycles. The number of esters is 2. The Balaban J connectivity index is 4.32. The van der Waals surface area contributed by atoms with Gasteiger partial charge in [0.25, 0.3) is 0 Å². The Morgan fingerprint density at radius 3 is 1.25 bits per heavy atom. The number of rotatable bonds is 44. The van der Waals surface area contributed by atoms with Crippen LogP contribution < -0.4 is 0 Å². The van der Waals surface area contributed by atoms with Crippen molar-refractivity contribution in [3.8, 4) is 0 Å². The van der Waals surface area contributed by atoms with Crippen LogP contribution in [0.4, 0.5) is 43.9 Å². The first kappa shape index (κ1) is 61.1. The number of unbranched alkanes of at least 4 members (excludes halogenated alkanes) is 19. The molecule has 0 atom stereocenters. The lowest BCUT2D eigenvalue weighted by Gasteiger charge is -2.21. The second-order valence-corrected chi connectivity index (χ2v) is 16.5. The van der Waals surface area contributed by atoms with Gasteiger partial charge in [-0.2, -0.15) is 43.9 Å². The summed E-state index contributed by atoms with van der Waals surface area (Å²) in [4.78, 5) is 26.6. The normalized spacial score (nSPS) is 12.8. The SMILES string of the molecule is CCCCCCCCCOC(=O)CCCCCCCN(CCO)CCCCCCOC(=O)CCC(OCCCCCCC(F)(F)C(F)(F)F)OCCCCCCC(F)(F)C(F)(F)F. The van der Waals surface area contributed by atoms with E-state index < -0.39 is 49.3 Å². The van der Waals surface area contributed by atoms with E-state index >= 15 is 0 Å². The fourth-order valence-electron chi connectivity index (χ4n) is 6.75. The Kier molecular flexibility index (Phi) is 36.1. The molecule has 376 valence electrons. The van der Waals surface area contributed by atoms with Crippen LogP contribution >= 0.6 is 0 Å². The highest BCUT2D eigenvalue weighted by Crippen LogP contribution is 2.40. The molecule has 0 fully saturated rings. The minimum atomic E-state index is -5.60. The summed E-state index contributed by atoms with van der Waals surface area (Å²) in [6.45, 7) is 5.45. The van der Waals surface area contributed by atoms with Crippen LogP contribution in [0.15, 0.2) is 0 Å². The second-order valence-electron chi connectivity index (χ2n) is 16.5. The zero-order valence-electron chi connectivity index (χ0n) is 37.9. The lowest BCUT2D eigenvalue weighted by Crippen LogP contribution is -2.36. The Labute approximate surface area is 370 Å². The quantitative estimate of drug-likeness (QED) is 0.0279. The van der Waals surface area contributed by atoms with Gasteiger partial charge in [-0.25, -0.2) is 0 Å². The molecule has 8 nitrogen and oxygen atoms in total. The number of aliphatic hydroxyl groups excluding tert-OH is 1. The van der Waals surface area contributed by atoms with Crippen molar-refractivity contribution in [1.29, 1.82) is 0 Å². The van der Waals surface area contributed by atoms with Gasteiger partial charge in [-0.1, -0.05) is 103 Å². The summed E-state index contributed by atoms with van der Waals surface area (Å²) in [5.41, 5.74) is 0. The maximum atomic E-state index is 13.1. The largest absolute Gasteiger partial charge is 0.466 e. The highest BCUT2D eigenvalue weighted by atomic mass is 19.4. The van der Waals surface area contributed by atoms with Gasteiger partial charge in [0, 0.05) is 45.4 Å². The highest BCUT2D eigenvalue weighted by molar-refractivity contribution is 5.69. The molecule has 18 heteroatoms. The van der Waals surface area contributed by atoms with E-state index in [0.29, 0.717) is 51.7 Å². The molecule has 0 bridgehead atoms. The van der Waals surface area contributed by atoms with E-state index in [1.807, 2.05) is 0 Å². The predicted molar refractivity (Wildman–Crippen MR) is 223 cm³/mol. The zero-order valence-corrected chi connectivity index (χ0v) is 37.9. The number of ether oxygens (including phenoxy) is 4. The first-order valence-electron chi connectivity index (χ1n) is 23.6. The topological polar surface area (TPSA) is 94.5 Å².